The summed E-state index contributed by atoms with van der Waals surface area (Å²) in [5.41, 5.74) is 0. The van der Waals surface area contributed by atoms with Crippen molar-refractivity contribution in [2.24, 2.45) is 0 Å². The van der Waals surface area contributed by atoms with Gasteiger partial charge in [0.2, 0.25) is 0 Å². The molecule has 26 heavy (non-hydrogen) atoms. The number of para-hydroxylation sites is 1. The molecule has 1 amide bonds. The standard InChI is InChI=1S/C19H24N4O3/c1-13-11-22(17-9-10-20-18(21-17)15(3)24)12-14(2)23(13)19(25)26-16-7-5-4-6-8-16/h4-10,13-15,24H,11-12H2,1-3H3/t13-,14+,15-/m1/s1. The van der Waals surface area contributed by atoms with Crippen molar-refractivity contribution < 1.29 is 14.6 Å². The lowest BCUT2D eigenvalue weighted by atomic mass is 10.1. The lowest BCUT2D eigenvalue weighted by Crippen LogP contribution is -2.59. The molecule has 1 N–H and O–H groups in total. The number of hydrogen-bond acceptors (Lipinski definition) is 6. The van der Waals surface area contributed by atoms with Crippen molar-refractivity contribution in [2.75, 3.05) is 18.0 Å². The highest BCUT2D eigenvalue weighted by Crippen LogP contribution is 2.23. The van der Waals surface area contributed by atoms with Crippen molar-refractivity contribution in [3.8, 4) is 5.75 Å². The molecule has 0 saturated carbocycles. The first-order chi connectivity index (χ1) is 12.5. The highest BCUT2D eigenvalue weighted by molar-refractivity contribution is 5.72. The average Bonchev–Trinajstić information content (AvgIpc) is 2.62. The van der Waals surface area contributed by atoms with E-state index in [0.29, 0.717) is 24.7 Å². The molecule has 1 aliphatic rings. The molecule has 0 unspecified atom stereocenters. The number of benzene rings is 1. The highest BCUT2D eigenvalue weighted by Gasteiger charge is 2.34. The molecule has 1 fully saturated rings. The Balaban J connectivity index is 1.71. The van der Waals surface area contributed by atoms with Crippen LogP contribution in [0.15, 0.2) is 42.6 Å². The molecule has 2 heterocycles. The molecule has 1 saturated heterocycles. The first-order valence-electron chi connectivity index (χ1n) is 8.77. The summed E-state index contributed by atoms with van der Waals surface area (Å²) in [5, 5.41) is 9.69. The largest absolute Gasteiger partial charge is 0.415 e. The smallest absolute Gasteiger partial charge is 0.410 e. The first kappa shape index (κ1) is 18.1. The van der Waals surface area contributed by atoms with Crippen molar-refractivity contribution in [1.82, 2.24) is 14.9 Å². The van der Waals surface area contributed by atoms with E-state index in [1.165, 1.54) is 0 Å². The van der Waals surface area contributed by atoms with E-state index in [4.69, 9.17) is 4.74 Å². The quantitative estimate of drug-likeness (QED) is 0.911. The van der Waals surface area contributed by atoms with Gasteiger partial charge < -0.3 is 14.7 Å². The van der Waals surface area contributed by atoms with Crippen molar-refractivity contribution in [2.45, 2.75) is 39.0 Å². The van der Waals surface area contributed by atoms with Gasteiger partial charge in [-0.05, 0) is 39.0 Å². The van der Waals surface area contributed by atoms with Gasteiger partial charge in [-0.25, -0.2) is 14.8 Å². The minimum Gasteiger partial charge on any atom is -0.410 e. The second-order valence-electron chi connectivity index (χ2n) is 6.64. The molecule has 1 aliphatic heterocycles. The summed E-state index contributed by atoms with van der Waals surface area (Å²) in [6, 6.07) is 10.8. The minimum absolute atomic E-state index is 0.0417. The van der Waals surface area contributed by atoms with Gasteiger partial charge in [0, 0.05) is 19.3 Å². The number of rotatable bonds is 3. The topological polar surface area (TPSA) is 78.8 Å². The lowest BCUT2D eigenvalue weighted by molar-refractivity contribution is 0.104. The van der Waals surface area contributed by atoms with Crippen LogP contribution in [-0.4, -0.2) is 51.2 Å². The SMILES string of the molecule is C[C@@H]1CN(c2ccnc([C@@H](C)O)n2)C[C@H](C)N1C(=O)Oc1ccccc1. The van der Waals surface area contributed by atoms with Gasteiger partial charge in [-0.1, -0.05) is 18.2 Å². The molecule has 2 aromatic rings. The number of ether oxygens (including phenoxy) is 1. The van der Waals surface area contributed by atoms with Crippen LogP contribution in [0.25, 0.3) is 0 Å². The number of hydrogen-bond donors (Lipinski definition) is 1. The van der Waals surface area contributed by atoms with Crippen molar-refractivity contribution in [1.29, 1.82) is 0 Å². The van der Waals surface area contributed by atoms with Crippen LogP contribution >= 0.6 is 0 Å². The maximum atomic E-state index is 12.6. The van der Waals surface area contributed by atoms with Crippen LogP contribution in [0.1, 0.15) is 32.7 Å². The molecule has 1 aromatic heterocycles. The zero-order chi connectivity index (χ0) is 18.7. The summed E-state index contributed by atoms with van der Waals surface area (Å²) in [7, 11) is 0. The van der Waals surface area contributed by atoms with Crippen molar-refractivity contribution in [3.63, 3.8) is 0 Å². The van der Waals surface area contributed by atoms with Gasteiger partial charge in [0.05, 0.1) is 12.1 Å². The monoisotopic (exact) mass is 356 g/mol. The fourth-order valence-corrected chi connectivity index (χ4v) is 3.25. The number of nitrogens with zero attached hydrogens (tertiary/aromatic N) is 4. The Bertz CT molecular complexity index is 741. The summed E-state index contributed by atoms with van der Waals surface area (Å²) < 4.78 is 5.50. The van der Waals surface area contributed by atoms with Gasteiger partial charge >= 0.3 is 6.09 Å². The maximum absolute atomic E-state index is 12.6. The van der Waals surface area contributed by atoms with Crippen molar-refractivity contribution >= 4 is 11.9 Å². The number of aliphatic hydroxyl groups is 1. The van der Waals surface area contributed by atoms with Gasteiger partial charge in [-0.15, -0.1) is 0 Å². The molecule has 7 nitrogen and oxygen atoms in total. The van der Waals surface area contributed by atoms with E-state index >= 15 is 0 Å². The normalized spacial score (nSPS) is 21.4. The molecule has 0 aliphatic carbocycles. The van der Waals surface area contributed by atoms with Gasteiger partial charge in [-0.2, -0.15) is 0 Å². The third-order valence-corrected chi connectivity index (χ3v) is 4.44. The summed E-state index contributed by atoms with van der Waals surface area (Å²) >= 11 is 0. The molecule has 3 atom stereocenters. The van der Waals surface area contributed by atoms with E-state index in [1.54, 1.807) is 30.2 Å². The third-order valence-electron chi connectivity index (χ3n) is 4.44. The second-order valence-corrected chi connectivity index (χ2v) is 6.64. The van der Waals surface area contributed by atoms with E-state index in [1.807, 2.05) is 38.1 Å². The average molecular weight is 356 g/mol. The number of aliphatic hydroxyl groups excluding tert-OH is 1. The second kappa shape index (κ2) is 7.70. The van der Waals surface area contributed by atoms with E-state index in [0.717, 1.165) is 5.82 Å². The van der Waals surface area contributed by atoms with Gasteiger partial charge in [0.15, 0.2) is 5.82 Å². The minimum atomic E-state index is -0.716. The summed E-state index contributed by atoms with van der Waals surface area (Å²) in [6.07, 6.45) is 0.589. The Labute approximate surface area is 153 Å². The maximum Gasteiger partial charge on any atom is 0.415 e. The number of anilines is 1. The molecule has 1 aromatic carbocycles. The lowest BCUT2D eigenvalue weighted by Gasteiger charge is -2.44. The van der Waals surface area contributed by atoms with Crippen LogP contribution < -0.4 is 9.64 Å². The molecule has 0 bridgehead atoms. The fraction of sp³-hybridized carbons (Fsp3) is 0.421. The van der Waals surface area contributed by atoms with E-state index < -0.39 is 6.10 Å². The molecule has 3 rings (SSSR count). The van der Waals surface area contributed by atoms with Crippen LogP contribution in [0.2, 0.25) is 0 Å². The predicted molar refractivity (Wildman–Crippen MR) is 98.1 cm³/mol. The summed E-state index contributed by atoms with van der Waals surface area (Å²) in [6.45, 7) is 6.88. The van der Waals surface area contributed by atoms with Crippen molar-refractivity contribution in [3.05, 3.63) is 48.4 Å². The highest BCUT2D eigenvalue weighted by atomic mass is 16.6. The van der Waals surface area contributed by atoms with Crippen LogP contribution in [-0.2, 0) is 0 Å². The Morgan fingerprint density at radius 3 is 2.46 bits per heavy atom. The van der Waals surface area contributed by atoms with Crippen LogP contribution in [0, 0.1) is 0 Å². The Morgan fingerprint density at radius 1 is 1.19 bits per heavy atom. The van der Waals surface area contributed by atoms with Gasteiger partial charge in [-0.3, -0.25) is 4.90 Å². The number of carbonyl (C=O) groups excluding carboxylic acids is 1. The number of aromatic nitrogens is 2. The number of amides is 1. The van der Waals surface area contributed by atoms with E-state index in [-0.39, 0.29) is 18.2 Å². The zero-order valence-corrected chi connectivity index (χ0v) is 15.2. The molecule has 7 heteroatoms. The van der Waals surface area contributed by atoms with Crippen LogP contribution in [0.3, 0.4) is 0 Å². The number of piperazine rings is 1. The third kappa shape index (κ3) is 3.94. The van der Waals surface area contributed by atoms with Crippen LogP contribution in [0.5, 0.6) is 5.75 Å². The van der Waals surface area contributed by atoms with Gasteiger partial charge in [0.25, 0.3) is 0 Å². The van der Waals surface area contributed by atoms with E-state index in [2.05, 4.69) is 14.9 Å². The molecule has 138 valence electrons. The summed E-state index contributed by atoms with van der Waals surface area (Å²) in [4.78, 5) is 25.0. The Hall–Kier alpha value is -2.67. The number of carbonyl (C=O) groups is 1. The Kier molecular flexibility index (Phi) is 5.37. The molecule has 0 radical (unpaired) electrons. The summed E-state index contributed by atoms with van der Waals surface area (Å²) in [5.74, 6) is 1.69. The predicted octanol–water partition coefficient (Wildman–Crippen LogP) is 2.63. The molecular formula is C19H24N4O3. The zero-order valence-electron chi connectivity index (χ0n) is 15.2. The van der Waals surface area contributed by atoms with E-state index in [9.17, 15) is 9.90 Å². The first-order valence-corrected chi connectivity index (χ1v) is 8.77. The van der Waals surface area contributed by atoms with Crippen LogP contribution in [0.4, 0.5) is 10.6 Å². The fourth-order valence-electron chi connectivity index (χ4n) is 3.25. The molecule has 0 spiro atoms. The molecular weight excluding hydrogens is 332 g/mol. The van der Waals surface area contributed by atoms with Gasteiger partial charge in [0.1, 0.15) is 17.7 Å². The Morgan fingerprint density at radius 2 is 1.85 bits per heavy atom.